The zero-order chi connectivity index (χ0) is 40.7. The molecule has 0 saturated carbocycles. The molecule has 0 spiro atoms. The van der Waals surface area contributed by atoms with E-state index in [0.717, 1.165) is 49.9 Å². The molecule has 13 rings (SSSR count). The van der Waals surface area contributed by atoms with Crippen molar-refractivity contribution >= 4 is 75.9 Å². The highest BCUT2D eigenvalue weighted by Gasteiger charge is 2.22. The Morgan fingerprint density at radius 3 is 1.52 bits per heavy atom. The average Bonchev–Trinajstić information content (AvgIpc) is 3.87. The van der Waals surface area contributed by atoms with Gasteiger partial charge in [0, 0.05) is 49.3 Å². The van der Waals surface area contributed by atoms with Crippen LogP contribution in [0.4, 0.5) is 0 Å². The van der Waals surface area contributed by atoms with Crippen molar-refractivity contribution in [3.63, 3.8) is 0 Å². The summed E-state index contributed by atoms with van der Waals surface area (Å²) in [5.74, 6) is 1.87. The first-order chi connectivity index (χ1) is 30.8. The molecule has 3 heterocycles. The lowest BCUT2D eigenvalue weighted by molar-refractivity contribution is 1.08. The first kappa shape index (κ1) is 34.5. The van der Waals surface area contributed by atoms with Gasteiger partial charge in [-0.2, -0.15) is 0 Å². The van der Waals surface area contributed by atoms with Gasteiger partial charge >= 0.3 is 0 Å². The van der Waals surface area contributed by atoms with Crippen LogP contribution >= 0.6 is 0 Å². The molecular formula is C57H35N5. The Balaban J connectivity index is 1.05. The maximum absolute atomic E-state index is 5.33. The fourth-order valence-electron chi connectivity index (χ4n) is 9.79. The first-order valence-electron chi connectivity index (χ1n) is 21.0. The SMILES string of the molecule is c1ccc(-c2nc(-c3ccc4c5ccccc5n(-c5ccccc5)c4c3)nc(-c3ccc(-n4c5ccc6ccccc6c5c5c6ccccc6ccc54)c4ccccc34)n2)cc1. The molecule has 0 saturated heterocycles. The van der Waals surface area contributed by atoms with Crippen LogP contribution in [0.3, 0.4) is 0 Å². The fraction of sp³-hybridized carbons (Fsp3) is 0. The Bertz CT molecular complexity index is 3830. The van der Waals surface area contributed by atoms with Crippen LogP contribution in [0.25, 0.3) is 121 Å². The summed E-state index contributed by atoms with van der Waals surface area (Å²) in [6.07, 6.45) is 0. The molecule has 0 atom stereocenters. The lowest BCUT2D eigenvalue weighted by Gasteiger charge is -2.15. The van der Waals surface area contributed by atoms with Crippen molar-refractivity contribution in [1.82, 2.24) is 24.1 Å². The largest absolute Gasteiger partial charge is 0.309 e. The molecule has 0 N–H and O–H groups in total. The van der Waals surface area contributed by atoms with E-state index in [4.69, 9.17) is 15.0 Å². The lowest BCUT2D eigenvalue weighted by atomic mass is 10.00. The maximum atomic E-state index is 5.33. The molecule has 5 nitrogen and oxygen atoms in total. The van der Waals surface area contributed by atoms with Crippen molar-refractivity contribution in [2.75, 3.05) is 0 Å². The molecule has 0 aliphatic carbocycles. The Morgan fingerprint density at radius 2 is 0.823 bits per heavy atom. The number of benzene rings is 10. The number of fused-ring (bicyclic) bond motifs is 11. The minimum Gasteiger partial charge on any atom is -0.309 e. The highest BCUT2D eigenvalue weighted by atomic mass is 15.0. The number of hydrogen-bond acceptors (Lipinski definition) is 3. The quantitative estimate of drug-likeness (QED) is 0.174. The normalized spacial score (nSPS) is 11.9. The molecule has 0 amide bonds. The van der Waals surface area contributed by atoms with Crippen LogP contribution in [0, 0.1) is 0 Å². The van der Waals surface area contributed by atoms with Gasteiger partial charge in [0.1, 0.15) is 0 Å². The third-order valence-electron chi connectivity index (χ3n) is 12.5. The molecule has 0 fully saturated rings. The van der Waals surface area contributed by atoms with Gasteiger partial charge in [-0.15, -0.1) is 0 Å². The van der Waals surface area contributed by atoms with Crippen LogP contribution in [0.5, 0.6) is 0 Å². The predicted octanol–water partition coefficient (Wildman–Crippen LogP) is 14.5. The Labute approximate surface area is 356 Å². The predicted molar refractivity (Wildman–Crippen MR) is 257 cm³/mol. The van der Waals surface area contributed by atoms with Gasteiger partial charge in [0.2, 0.25) is 0 Å². The minimum atomic E-state index is 0.620. The van der Waals surface area contributed by atoms with E-state index in [2.05, 4.69) is 203 Å². The molecule has 13 aromatic rings. The second-order valence-corrected chi connectivity index (χ2v) is 16.0. The summed E-state index contributed by atoms with van der Waals surface area (Å²) in [6, 6.07) is 75.6. The molecule has 3 aromatic heterocycles. The van der Waals surface area contributed by atoms with Gasteiger partial charge in [0.25, 0.3) is 0 Å². The van der Waals surface area contributed by atoms with Crippen molar-refractivity contribution in [3.05, 3.63) is 212 Å². The molecule has 0 unspecified atom stereocenters. The Morgan fingerprint density at radius 1 is 0.290 bits per heavy atom. The third-order valence-corrected chi connectivity index (χ3v) is 12.5. The highest BCUT2D eigenvalue weighted by molar-refractivity contribution is 6.29. The summed E-state index contributed by atoms with van der Waals surface area (Å²) in [5.41, 5.74) is 9.60. The van der Waals surface area contributed by atoms with Crippen LogP contribution in [-0.2, 0) is 0 Å². The topological polar surface area (TPSA) is 48.5 Å². The molecule has 288 valence electrons. The standard InChI is InChI=1S/C57H35N5/c1-3-17-38(18-4-1)55-58-56(39-27-30-46-45-25-13-14-26-48(45)61(52(46)35-39)40-19-5-2-6-20-40)60-57(59-55)47-31-34-49(44-24-12-11-23-43(44)47)62-50-32-28-36-15-7-9-21-41(36)53(50)54-42-22-10-8-16-37(42)29-33-51(54)62/h1-35H. The minimum absolute atomic E-state index is 0.620. The van der Waals surface area contributed by atoms with Crippen molar-refractivity contribution in [2.24, 2.45) is 0 Å². The second-order valence-electron chi connectivity index (χ2n) is 16.0. The zero-order valence-electron chi connectivity index (χ0n) is 33.4. The number of hydrogen-bond donors (Lipinski definition) is 0. The van der Waals surface area contributed by atoms with E-state index in [1.54, 1.807) is 0 Å². The number of nitrogens with zero attached hydrogens (tertiary/aromatic N) is 5. The summed E-state index contributed by atoms with van der Waals surface area (Å²) in [5, 5.41) is 12.1. The van der Waals surface area contributed by atoms with E-state index in [9.17, 15) is 0 Å². The molecule has 0 bridgehead atoms. The summed E-state index contributed by atoms with van der Waals surface area (Å²) < 4.78 is 4.78. The van der Waals surface area contributed by atoms with Gasteiger partial charge in [0.15, 0.2) is 17.5 Å². The van der Waals surface area contributed by atoms with Crippen LogP contribution in [0.15, 0.2) is 212 Å². The first-order valence-corrected chi connectivity index (χ1v) is 21.0. The van der Waals surface area contributed by atoms with E-state index in [1.165, 1.54) is 54.1 Å². The van der Waals surface area contributed by atoms with Gasteiger partial charge < -0.3 is 9.13 Å². The van der Waals surface area contributed by atoms with Crippen LogP contribution in [0.1, 0.15) is 0 Å². The van der Waals surface area contributed by atoms with E-state index in [1.807, 2.05) is 18.2 Å². The van der Waals surface area contributed by atoms with E-state index in [0.29, 0.717) is 17.5 Å². The number of para-hydroxylation sites is 2. The van der Waals surface area contributed by atoms with E-state index < -0.39 is 0 Å². The number of rotatable bonds is 5. The molecular weight excluding hydrogens is 755 g/mol. The van der Waals surface area contributed by atoms with Gasteiger partial charge in [-0.1, -0.05) is 164 Å². The monoisotopic (exact) mass is 789 g/mol. The number of aromatic nitrogens is 5. The van der Waals surface area contributed by atoms with Crippen LogP contribution in [-0.4, -0.2) is 24.1 Å². The molecule has 10 aromatic carbocycles. The van der Waals surface area contributed by atoms with Gasteiger partial charge in [0.05, 0.1) is 27.8 Å². The van der Waals surface area contributed by atoms with Crippen molar-refractivity contribution in [3.8, 4) is 45.5 Å². The molecule has 62 heavy (non-hydrogen) atoms. The van der Waals surface area contributed by atoms with Crippen LogP contribution in [0.2, 0.25) is 0 Å². The van der Waals surface area contributed by atoms with Gasteiger partial charge in [-0.05, 0) is 75.5 Å². The van der Waals surface area contributed by atoms with Gasteiger partial charge in [-0.25, -0.2) is 15.0 Å². The van der Waals surface area contributed by atoms with E-state index in [-0.39, 0.29) is 0 Å². The van der Waals surface area contributed by atoms with Crippen LogP contribution < -0.4 is 0 Å². The third kappa shape index (κ3) is 5.18. The molecule has 0 aliphatic rings. The van der Waals surface area contributed by atoms with Crippen molar-refractivity contribution in [2.45, 2.75) is 0 Å². The molecule has 5 heteroatoms. The highest BCUT2D eigenvalue weighted by Crippen LogP contribution is 2.43. The zero-order valence-corrected chi connectivity index (χ0v) is 33.4. The van der Waals surface area contributed by atoms with Crippen molar-refractivity contribution < 1.29 is 0 Å². The summed E-state index contributed by atoms with van der Waals surface area (Å²) in [6.45, 7) is 0. The smallest absolute Gasteiger partial charge is 0.164 e. The Kier molecular flexibility index (Phi) is 7.54. The average molecular weight is 790 g/mol. The van der Waals surface area contributed by atoms with Gasteiger partial charge in [-0.3, -0.25) is 0 Å². The van der Waals surface area contributed by atoms with E-state index >= 15 is 0 Å². The summed E-state index contributed by atoms with van der Waals surface area (Å²) in [7, 11) is 0. The summed E-state index contributed by atoms with van der Waals surface area (Å²) in [4.78, 5) is 15.8. The lowest BCUT2D eigenvalue weighted by Crippen LogP contribution is -2.02. The second kappa shape index (κ2) is 13.6. The molecule has 0 aliphatic heterocycles. The maximum Gasteiger partial charge on any atom is 0.164 e. The summed E-state index contributed by atoms with van der Waals surface area (Å²) >= 11 is 0. The van der Waals surface area contributed by atoms with Crippen molar-refractivity contribution in [1.29, 1.82) is 0 Å². The molecule has 0 radical (unpaired) electrons. The fourth-order valence-corrected chi connectivity index (χ4v) is 9.79. The Hall–Kier alpha value is -8.41.